The van der Waals surface area contributed by atoms with Crippen molar-refractivity contribution in [2.45, 2.75) is 38.4 Å². The third kappa shape index (κ3) is 3.39. The van der Waals surface area contributed by atoms with Gasteiger partial charge in [0, 0.05) is 23.9 Å². The Bertz CT molecular complexity index is 734. The van der Waals surface area contributed by atoms with Crippen LogP contribution in [0.3, 0.4) is 0 Å². The fraction of sp³-hybridized carbons (Fsp3) is 0.412. The molecule has 120 valence electrons. The Morgan fingerprint density at radius 1 is 1.26 bits per heavy atom. The Morgan fingerprint density at radius 3 is 2.65 bits per heavy atom. The highest BCUT2D eigenvalue weighted by Crippen LogP contribution is 2.34. The van der Waals surface area contributed by atoms with Crippen LogP contribution in [0, 0.1) is 17.2 Å². The molecule has 0 saturated heterocycles. The Hall–Kier alpha value is -2.29. The van der Waals surface area contributed by atoms with E-state index >= 15 is 0 Å². The van der Waals surface area contributed by atoms with Gasteiger partial charge >= 0.3 is 6.18 Å². The van der Waals surface area contributed by atoms with Gasteiger partial charge < -0.3 is 0 Å². The summed E-state index contributed by atoms with van der Waals surface area (Å²) in [6.45, 7) is 0.779. The van der Waals surface area contributed by atoms with Gasteiger partial charge in [0.2, 0.25) is 0 Å². The molecule has 1 heterocycles. The molecule has 0 N–H and O–H groups in total. The molecule has 0 radical (unpaired) electrons. The smallest absolute Gasteiger partial charge is 0.272 e. The van der Waals surface area contributed by atoms with Crippen molar-refractivity contribution in [3.05, 3.63) is 41.7 Å². The normalized spacial score (nSPS) is 15.7. The molecule has 1 fully saturated rings. The lowest BCUT2D eigenvalue weighted by Gasteiger charge is -2.10. The van der Waals surface area contributed by atoms with E-state index in [-0.39, 0.29) is 11.1 Å². The molecule has 23 heavy (non-hydrogen) atoms. The molecular formula is C17H16F3N3. The quantitative estimate of drug-likeness (QED) is 0.827. The zero-order chi connectivity index (χ0) is 16.4. The van der Waals surface area contributed by atoms with E-state index in [2.05, 4.69) is 5.10 Å². The van der Waals surface area contributed by atoms with Crippen molar-refractivity contribution in [1.29, 1.82) is 5.26 Å². The van der Waals surface area contributed by atoms with Crippen LogP contribution in [0.15, 0.2) is 30.6 Å². The van der Waals surface area contributed by atoms with Crippen LogP contribution in [0.25, 0.3) is 11.1 Å². The molecular weight excluding hydrogens is 303 g/mol. The first-order valence-electron chi connectivity index (χ1n) is 7.61. The fourth-order valence-corrected chi connectivity index (χ4v) is 3.12. The molecule has 2 aromatic rings. The summed E-state index contributed by atoms with van der Waals surface area (Å²) in [5.41, 5.74) is 0.291. The predicted molar refractivity (Wildman–Crippen MR) is 79.3 cm³/mol. The van der Waals surface area contributed by atoms with Crippen LogP contribution in [0.5, 0.6) is 0 Å². The van der Waals surface area contributed by atoms with Gasteiger partial charge in [-0.2, -0.15) is 23.5 Å². The van der Waals surface area contributed by atoms with E-state index in [1.54, 1.807) is 10.9 Å². The first kappa shape index (κ1) is 15.6. The van der Waals surface area contributed by atoms with Crippen LogP contribution >= 0.6 is 0 Å². The maximum Gasteiger partial charge on any atom is 0.416 e. The molecule has 0 amide bonds. The van der Waals surface area contributed by atoms with Crippen LogP contribution in [0.4, 0.5) is 13.2 Å². The molecule has 3 nitrogen and oxygen atoms in total. The molecule has 3 rings (SSSR count). The molecule has 0 spiro atoms. The Labute approximate surface area is 132 Å². The second kappa shape index (κ2) is 6.07. The lowest BCUT2D eigenvalue weighted by molar-refractivity contribution is -0.137. The van der Waals surface area contributed by atoms with Crippen molar-refractivity contribution in [2.24, 2.45) is 5.92 Å². The van der Waals surface area contributed by atoms with Crippen molar-refractivity contribution < 1.29 is 13.2 Å². The summed E-state index contributed by atoms with van der Waals surface area (Å²) in [6, 6.07) is 5.12. The minimum absolute atomic E-state index is 0.221. The monoisotopic (exact) mass is 319 g/mol. The number of aromatic nitrogens is 2. The van der Waals surface area contributed by atoms with E-state index in [4.69, 9.17) is 5.26 Å². The second-order valence-corrected chi connectivity index (χ2v) is 5.97. The number of nitrogens with zero attached hydrogens (tertiary/aromatic N) is 3. The molecule has 1 aliphatic carbocycles. The van der Waals surface area contributed by atoms with Gasteiger partial charge in [0.05, 0.1) is 23.4 Å². The summed E-state index contributed by atoms with van der Waals surface area (Å²) in [4.78, 5) is 0. The average molecular weight is 319 g/mol. The van der Waals surface area contributed by atoms with E-state index in [0.717, 1.165) is 18.7 Å². The predicted octanol–water partition coefficient (Wildman–Crippen LogP) is 4.63. The van der Waals surface area contributed by atoms with Crippen molar-refractivity contribution in [3.8, 4) is 17.2 Å². The minimum atomic E-state index is -4.43. The maximum absolute atomic E-state index is 12.9. The molecule has 1 saturated carbocycles. The molecule has 1 aromatic heterocycles. The van der Waals surface area contributed by atoms with Crippen molar-refractivity contribution >= 4 is 0 Å². The van der Waals surface area contributed by atoms with E-state index in [0.29, 0.717) is 11.5 Å². The highest BCUT2D eigenvalue weighted by molar-refractivity contribution is 5.70. The lowest BCUT2D eigenvalue weighted by atomic mass is 10.00. The van der Waals surface area contributed by atoms with Gasteiger partial charge in [0.15, 0.2) is 0 Å². The van der Waals surface area contributed by atoms with E-state index in [1.165, 1.54) is 37.9 Å². The Morgan fingerprint density at radius 2 is 2.00 bits per heavy atom. The summed E-state index contributed by atoms with van der Waals surface area (Å²) in [5.74, 6) is 0.583. The molecule has 1 aliphatic rings. The van der Waals surface area contributed by atoms with Gasteiger partial charge in [-0.1, -0.05) is 12.8 Å². The number of hydrogen-bond donors (Lipinski definition) is 0. The van der Waals surface area contributed by atoms with E-state index < -0.39 is 11.7 Å². The number of alkyl halides is 3. The molecule has 6 heteroatoms. The van der Waals surface area contributed by atoms with Gasteiger partial charge in [-0.15, -0.1) is 0 Å². The first-order chi connectivity index (χ1) is 11.0. The van der Waals surface area contributed by atoms with Crippen LogP contribution in [0.1, 0.15) is 36.8 Å². The Kier molecular flexibility index (Phi) is 4.12. The van der Waals surface area contributed by atoms with Crippen LogP contribution in [-0.4, -0.2) is 9.78 Å². The highest BCUT2D eigenvalue weighted by atomic mass is 19.4. The minimum Gasteiger partial charge on any atom is -0.272 e. The lowest BCUT2D eigenvalue weighted by Crippen LogP contribution is -2.07. The average Bonchev–Trinajstić information content (AvgIpc) is 3.18. The zero-order valence-electron chi connectivity index (χ0n) is 12.5. The van der Waals surface area contributed by atoms with Crippen molar-refractivity contribution in [1.82, 2.24) is 9.78 Å². The SMILES string of the molecule is N#Cc1ccc(C(F)(F)F)cc1-c1cnn(CC2CCCC2)c1. The largest absolute Gasteiger partial charge is 0.416 e. The number of rotatable bonds is 3. The number of nitriles is 1. The summed E-state index contributed by atoms with van der Waals surface area (Å²) in [6.07, 6.45) is 3.63. The van der Waals surface area contributed by atoms with E-state index in [1.807, 2.05) is 6.07 Å². The van der Waals surface area contributed by atoms with Gasteiger partial charge in [-0.05, 0) is 37.0 Å². The van der Waals surface area contributed by atoms with E-state index in [9.17, 15) is 13.2 Å². The van der Waals surface area contributed by atoms with Gasteiger partial charge in [0.25, 0.3) is 0 Å². The highest BCUT2D eigenvalue weighted by Gasteiger charge is 2.31. The van der Waals surface area contributed by atoms with Gasteiger partial charge in [-0.3, -0.25) is 4.68 Å². The Balaban J connectivity index is 1.91. The summed E-state index contributed by atoms with van der Waals surface area (Å²) in [5, 5.41) is 13.4. The first-order valence-corrected chi connectivity index (χ1v) is 7.61. The molecule has 0 unspecified atom stereocenters. The van der Waals surface area contributed by atoms with Gasteiger partial charge in [-0.25, -0.2) is 0 Å². The summed E-state index contributed by atoms with van der Waals surface area (Å²) >= 11 is 0. The van der Waals surface area contributed by atoms with Crippen LogP contribution < -0.4 is 0 Å². The molecule has 1 aromatic carbocycles. The standard InChI is InChI=1S/C17H16F3N3/c18-17(19,20)15-6-5-13(8-21)16(7-15)14-9-22-23(11-14)10-12-3-1-2-4-12/h5-7,9,11-12H,1-4,10H2. The van der Waals surface area contributed by atoms with Crippen LogP contribution in [-0.2, 0) is 12.7 Å². The third-order valence-electron chi connectivity index (χ3n) is 4.33. The van der Waals surface area contributed by atoms with Crippen molar-refractivity contribution in [3.63, 3.8) is 0 Å². The summed E-state index contributed by atoms with van der Waals surface area (Å²) in [7, 11) is 0. The second-order valence-electron chi connectivity index (χ2n) is 5.97. The number of benzene rings is 1. The number of halogens is 3. The van der Waals surface area contributed by atoms with Crippen molar-refractivity contribution in [2.75, 3.05) is 0 Å². The zero-order valence-corrected chi connectivity index (χ0v) is 12.5. The third-order valence-corrected chi connectivity index (χ3v) is 4.33. The molecule has 0 atom stereocenters. The fourth-order valence-electron chi connectivity index (χ4n) is 3.12. The maximum atomic E-state index is 12.9. The summed E-state index contributed by atoms with van der Waals surface area (Å²) < 4.78 is 40.4. The number of hydrogen-bond acceptors (Lipinski definition) is 2. The van der Waals surface area contributed by atoms with Gasteiger partial charge in [0.1, 0.15) is 0 Å². The van der Waals surface area contributed by atoms with Crippen LogP contribution in [0.2, 0.25) is 0 Å². The molecule has 0 aliphatic heterocycles. The topological polar surface area (TPSA) is 41.6 Å². The molecule has 0 bridgehead atoms.